The van der Waals surface area contributed by atoms with Crippen molar-refractivity contribution >= 4 is 50.8 Å². The summed E-state index contributed by atoms with van der Waals surface area (Å²) in [5, 5.41) is 1.07. The van der Waals surface area contributed by atoms with Crippen molar-refractivity contribution < 1.29 is 9.53 Å². The molecule has 4 heterocycles. The molecule has 0 aliphatic carbocycles. The van der Waals surface area contributed by atoms with Gasteiger partial charge in [0.05, 0.1) is 12.0 Å². The number of halogens is 1. The number of carbonyl (C=O) groups excluding carboxylic acids is 1. The third kappa shape index (κ3) is 4.20. The minimum Gasteiger partial charge on any atom is -0.461 e. The Kier molecular flexibility index (Phi) is 6.06. The zero-order valence-electron chi connectivity index (χ0n) is 17.3. The van der Waals surface area contributed by atoms with Gasteiger partial charge in [-0.05, 0) is 42.1 Å². The topological polar surface area (TPSA) is 71.5 Å². The highest BCUT2D eigenvalue weighted by molar-refractivity contribution is 7.20. The maximum Gasteiger partial charge on any atom is 0.348 e. The first-order valence-corrected chi connectivity index (χ1v) is 11.2. The van der Waals surface area contributed by atoms with E-state index in [-0.39, 0.29) is 17.2 Å². The number of hydrogen-bond acceptors (Lipinski definition) is 8. The van der Waals surface area contributed by atoms with Crippen molar-refractivity contribution in [3.8, 4) is 0 Å². The van der Waals surface area contributed by atoms with E-state index in [1.165, 1.54) is 11.3 Å². The molecular formula is C21H24ClN5O2S. The summed E-state index contributed by atoms with van der Waals surface area (Å²) in [5.74, 6) is 1.72. The fourth-order valence-corrected chi connectivity index (χ4v) is 4.80. The Morgan fingerprint density at radius 1 is 1.20 bits per heavy atom. The number of fused-ring (bicyclic) bond motifs is 1. The number of nitrogens with zero attached hydrogens (tertiary/aromatic N) is 5. The van der Waals surface area contributed by atoms with Gasteiger partial charge in [0.15, 0.2) is 0 Å². The molecule has 1 aliphatic rings. The Morgan fingerprint density at radius 2 is 1.93 bits per heavy atom. The highest BCUT2D eigenvalue weighted by Crippen LogP contribution is 2.37. The third-order valence-electron chi connectivity index (χ3n) is 5.03. The first-order valence-electron chi connectivity index (χ1n) is 9.98. The second kappa shape index (κ2) is 8.73. The van der Waals surface area contributed by atoms with Gasteiger partial charge in [0.25, 0.3) is 0 Å². The van der Waals surface area contributed by atoms with Crippen LogP contribution < -0.4 is 9.80 Å². The largest absolute Gasteiger partial charge is 0.461 e. The quantitative estimate of drug-likeness (QED) is 0.430. The van der Waals surface area contributed by atoms with Crippen molar-refractivity contribution in [3.63, 3.8) is 0 Å². The van der Waals surface area contributed by atoms with Crippen LogP contribution in [-0.4, -0.2) is 53.7 Å². The van der Waals surface area contributed by atoms with Crippen molar-refractivity contribution in [3.05, 3.63) is 40.1 Å². The molecule has 0 amide bonds. The molecule has 3 aromatic rings. The van der Waals surface area contributed by atoms with E-state index in [0.717, 1.165) is 48.8 Å². The van der Waals surface area contributed by atoms with E-state index >= 15 is 0 Å². The summed E-state index contributed by atoms with van der Waals surface area (Å²) in [6.45, 7) is 9.55. The van der Waals surface area contributed by atoms with Crippen LogP contribution in [0.15, 0.2) is 24.4 Å². The van der Waals surface area contributed by atoms with Crippen LogP contribution >= 0.6 is 22.9 Å². The number of carbonyl (C=O) groups is 1. The minimum atomic E-state index is -0.314. The number of aromatic nitrogens is 3. The maximum atomic E-state index is 12.6. The highest BCUT2D eigenvalue weighted by atomic mass is 35.5. The van der Waals surface area contributed by atoms with Crippen LogP contribution in [0.1, 0.15) is 29.1 Å². The van der Waals surface area contributed by atoms with Gasteiger partial charge in [0.1, 0.15) is 21.3 Å². The van der Waals surface area contributed by atoms with Gasteiger partial charge in [0, 0.05) is 32.4 Å². The fraction of sp³-hybridized carbons (Fsp3) is 0.429. The van der Waals surface area contributed by atoms with Gasteiger partial charge in [-0.15, -0.1) is 11.3 Å². The molecule has 0 atom stereocenters. The Balaban J connectivity index is 1.61. The van der Waals surface area contributed by atoms with Gasteiger partial charge in [-0.3, -0.25) is 0 Å². The summed E-state index contributed by atoms with van der Waals surface area (Å²) in [6.07, 6.45) is 1.81. The first-order chi connectivity index (χ1) is 14.4. The van der Waals surface area contributed by atoms with Crippen molar-refractivity contribution in [2.75, 3.05) is 42.6 Å². The lowest BCUT2D eigenvalue weighted by Gasteiger charge is -2.36. The third-order valence-corrected chi connectivity index (χ3v) is 6.36. The predicted octanol–water partition coefficient (Wildman–Crippen LogP) is 4.19. The van der Waals surface area contributed by atoms with Crippen molar-refractivity contribution in [1.29, 1.82) is 0 Å². The number of esters is 1. The molecule has 0 unspecified atom stereocenters. The van der Waals surface area contributed by atoms with Crippen LogP contribution in [0, 0.1) is 12.8 Å². The number of ether oxygens (including phenoxy) is 1. The average molecular weight is 446 g/mol. The standard InChI is InChI=1S/C21H24ClN5O2S/c1-13(2)12-29-20(28)17-14(3)16-18(24-21(22)25-19(16)30-17)27-10-8-26(9-11-27)15-6-4-5-7-23-15/h4-7,13H,8-12H2,1-3H3. The molecule has 7 nitrogen and oxygen atoms in total. The van der Waals surface area contributed by atoms with E-state index in [1.807, 2.05) is 45.2 Å². The molecule has 0 N–H and O–H groups in total. The van der Waals surface area contributed by atoms with E-state index < -0.39 is 0 Å². The number of aryl methyl sites for hydroxylation is 1. The molecule has 4 rings (SSSR count). The van der Waals surface area contributed by atoms with E-state index in [9.17, 15) is 4.79 Å². The molecule has 0 saturated carbocycles. The van der Waals surface area contributed by atoms with Crippen molar-refractivity contribution in [2.45, 2.75) is 20.8 Å². The monoisotopic (exact) mass is 445 g/mol. The Morgan fingerprint density at radius 3 is 2.60 bits per heavy atom. The number of piperazine rings is 1. The molecule has 0 bridgehead atoms. The molecule has 0 spiro atoms. The fourth-order valence-electron chi connectivity index (χ4n) is 3.51. The first kappa shape index (κ1) is 20.8. The van der Waals surface area contributed by atoms with E-state index in [0.29, 0.717) is 16.3 Å². The van der Waals surface area contributed by atoms with E-state index in [1.54, 1.807) is 0 Å². The zero-order valence-corrected chi connectivity index (χ0v) is 18.8. The molecule has 1 saturated heterocycles. The summed E-state index contributed by atoms with van der Waals surface area (Å²) in [4.78, 5) is 31.7. The van der Waals surface area contributed by atoms with Gasteiger partial charge in [0.2, 0.25) is 5.28 Å². The second-order valence-corrected chi connectivity index (χ2v) is 9.04. The smallest absolute Gasteiger partial charge is 0.348 e. The van der Waals surface area contributed by atoms with Crippen molar-refractivity contribution in [1.82, 2.24) is 15.0 Å². The number of pyridine rings is 1. The number of hydrogen-bond donors (Lipinski definition) is 0. The van der Waals surface area contributed by atoms with Crippen LogP contribution in [0.4, 0.5) is 11.6 Å². The molecular weight excluding hydrogens is 422 g/mol. The van der Waals surface area contributed by atoms with E-state index in [4.69, 9.17) is 16.3 Å². The Bertz CT molecular complexity index is 1050. The Labute approximate surface area is 184 Å². The minimum absolute atomic E-state index is 0.188. The van der Waals surface area contributed by atoms with Gasteiger partial charge < -0.3 is 14.5 Å². The van der Waals surface area contributed by atoms with Crippen LogP contribution in [0.3, 0.4) is 0 Å². The lowest BCUT2D eigenvalue weighted by atomic mass is 10.2. The molecule has 30 heavy (non-hydrogen) atoms. The maximum absolute atomic E-state index is 12.6. The second-order valence-electron chi connectivity index (χ2n) is 7.71. The average Bonchev–Trinajstić information content (AvgIpc) is 3.08. The zero-order chi connectivity index (χ0) is 21.3. The summed E-state index contributed by atoms with van der Waals surface area (Å²) in [5.41, 5.74) is 0.850. The van der Waals surface area contributed by atoms with Crippen LogP contribution in [0.5, 0.6) is 0 Å². The lowest BCUT2D eigenvalue weighted by molar-refractivity contribution is 0.0464. The lowest BCUT2D eigenvalue weighted by Crippen LogP contribution is -2.47. The molecule has 3 aromatic heterocycles. The Hall–Kier alpha value is -2.45. The van der Waals surface area contributed by atoms with Crippen LogP contribution in [0.2, 0.25) is 5.28 Å². The summed E-state index contributed by atoms with van der Waals surface area (Å²) < 4.78 is 5.44. The molecule has 1 fully saturated rings. The molecule has 158 valence electrons. The normalized spacial score (nSPS) is 14.6. The number of rotatable bonds is 5. The SMILES string of the molecule is Cc1c(C(=O)OCC(C)C)sc2nc(Cl)nc(N3CCN(c4ccccn4)CC3)c12. The van der Waals surface area contributed by atoms with Crippen LogP contribution in [0.25, 0.3) is 10.2 Å². The summed E-state index contributed by atoms with van der Waals surface area (Å²) >= 11 is 7.55. The molecule has 0 radical (unpaired) electrons. The predicted molar refractivity (Wildman–Crippen MR) is 121 cm³/mol. The molecule has 0 aromatic carbocycles. The number of thiophene rings is 1. The summed E-state index contributed by atoms with van der Waals surface area (Å²) in [6, 6.07) is 5.94. The summed E-state index contributed by atoms with van der Waals surface area (Å²) in [7, 11) is 0. The van der Waals surface area contributed by atoms with Gasteiger partial charge in [-0.25, -0.2) is 14.8 Å². The van der Waals surface area contributed by atoms with Crippen LogP contribution in [-0.2, 0) is 4.74 Å². The number of anilines is 2. The van der Waals surface area contributed by atoms with Crippen molar-refractivity contribution in [2.24, 2.45) is 5.92 Å². The van der Waals surface area contributed by atoms with E-state index in [2.05, 4.69) is 24.8 Å². The van der Waals surface area contributed by atoms with Gasteiger partial charge >= 0.3 is 5.97 Å². The highest BCUT2D eigenvalue weighted by Gasteiger charge is 2.26. The van der Waals surface area contributed by atoms with Gasteiger partial charge in [-0.2, -0.15) is 4.98 Å². The van der Waals surface area contributed by atoms with Gasteiger partial charge in [-0.1, -0.05) is 19.9 Å². The molecule has 1 aliphatic heterocycles. The molecule has 9 heteroatoms.